The van der Waals surface area contributed by atoms with E-state index in [9.17, 15) is 4.79 Å². The Morgan fingerprint density at radius 1 is 1.30 bits per heavy atom. The Kier molecular flexibility index (Phi) is 5.42. The van der Waals surface area contributed by atoms with E-state index in [2.05, 4.69) is 54.6 Å². The summed E-state index contributed by atoms with van der Waals surface area (Å²) in [4.78, 5) is 11.3. The third-order valence-electron chi connectivity index (χ3n) is 5.32. The van der Waals surface area contributed by atoms with Gasteiger partial charge in [-0.25, -0.2) is 0 Å². The molecule has 3 heteroatoms. The molecule has 0 bridgehead atoms. The maximum absolute atomic E-state index is 11.3. The van der Waals surface area contributed by atoms with Gasteiger partial charge in [-0.1, -0.05) is 34.6 Å². The van der Waals surface area contributed by atoms with Crippen LogP contribution < -0.4 is 0 Å². The third kappa shape index (κ3) is 3.82. The summed E-state index contributed by atoms with van der Waals surface area (Å²) < 4.78 is 6.59. The van der Waals surface area contributed by atoms with E-state index in [1.165, 1.54) is 5.57 Å². The molecule has 0 aliphatic heterocycles. The zero-order valence-corrected chi connectivity index (χ0v) is 15.5. The third-order valence-corrected chi connectivity index (χ3v) is 9.80. The van der Waals surface area contributed by atoms with Crippen LogP contribution in [0.4, 0.5) is 0 Å². The van der Waals surface area contributed by atoms with Crippen LogP contribution in [0, 0.1) is 11.8 Å². The van der Waals surface area contributed by atoms with Crippen LogP contribution in [-0.2, 0) is 9.22 Å². The van der Waals surface area contributed by atoms with Gasteiger partial charge >= 0.3 is 0 Å². The quantitative estimate of drug-likeness (QED) is 0.541. The first-order chi connectivity index (χ1) is 8.99. The molecule has 0 aromatic carbocycles. The van der Waals surface area contributed by atoms with Gasteiger partial charge in [0.25, 0.3) is 0 Å². The normalized spacial score (nSPS) is 25.2. The highest BCUT2D eigenvalue weighted by atomic mass is 28.4. The molecule has 20 heavy (non-hydrogen) atoms. The zero-order valence-electron chi connectivity index (χ0n) is 14.5. The highest BCUT2D eigenvalue weighted by molar-refractivity contribution is 6.74. The number of rotatable bonds is 4. The summed E-state index contributed by atoms with van der Waals surface area (Å²) in [7, 11) is -1.79. The number of allylic oxidation sites excluding steroid dienone is 1. The van der Waals surface area contributed by atoms with Crippen molar-refractivity contribution < 1.29 is 9.22 Å². The summed E-state index contributed by atoms with van der Waals surface area (Å²) in [5.74, 6) is 1.16. The Balaban J connectivity index is 3.00. The van der Waals surface area contributed by atoms with Crippen LogP contribution in [0.15, 0.2) is 11.1 Å². The summed E-state index contributed by atoms with van der Waals surface area (Å²) in [5.41, 5.74) is 2.14. The second kappa shape index (κ2) is 6.14. The summed E-state index contributed by atoms with van der Waals surface area (Å²) in [6, 6.07) is 0. The van der Waals surface area contributed by atoms with E-state index >= 15 is 0 Å². The van der Waals surface area contributed by atoms with Crippen molar-refractivity contribution in [1.29, 1.82) is 0 Å². The standard InChI is InChI=1S/C17H32O2Si/c1-12(2)14-9-15(11-18)13(3)16(10-14)19-20(7,8)17(4,5)6/h11-12,14,16H,9-10H2,1-8H3/t14-,16-/m0/s1. The van der Waals surface area contributed by atoms with Crippen molar-refractivity contribution in [2.45, 2.75) is 78.6 Å². The fourth-order valence-electron chi connectivity index (χ4n) is 2.50. The molecule has 0 radical (unpaired) electrons. The molecule has 1 aliphatic carbocycles. The summed E-state index contributed by atoms with van der Waals surface area (Å²) in [6.07, 6.45) is 3.17. The molecule has 0 N–H and O–H groups in total. The first kappa shape index (κ1) is 17.6. The first-order valence-corrected chi connectivity index (χ1v) is 10.7. The van der Waals surface area contributed by atoms with E-state index in [1.54, 1.807) is 0 Å². The van der Waals surface area contributed by atoms with E-state index in [0.29, 0.717) is 11.8 Å². The van der Waals surface area contributed by atoms with Gasteiger partial charge in [-0.2, -0.15) is 0 Å². The lowest BCUT2D eigenvalue weighted by molar-refractivity contribution is -0.105. The molecule has 0 saturated carbocycles. The molecular weight excluding hydrogens is 264 g/mol. The van der Waals surface area contributed by atoms with Crippen molar-refractivity contribution in [2.75, 3.05) is 0 Å². The average molecular weight is 297 g/mol. The van der Waals surface area contributed by atoms with Gasteiger partial charge in [0.2, 0.25) is 0 Å². The van der Waals surface area contributed by atoms with Crippen LogP contribution >= 0.6 is 0 Å². The Bertz CT molecular complexity index is 388. The van der Waals surface area contributed by atoms with Crippen molar-refractivity contribution in [3.63, 3.8) is 0 Å². The maximum Gasteiger partial charge on any atom is 0.192 e. The molecule has 1 aliphatic rings. The fraction of sp³-hybridized carbons (Fsp3) is 0.824. The lowest BCUT2D eigenvalue weighted by atomic mass is 9.77. The number of hydrogen-bond donors (Lipinski definition) is 0. The molecule has 2 atom stereocenters. The number of carbonyl (C=O) groups excluding carboxylic acids is 1. The van der Waals surface area contributed by atoms with Crippen LogP contribution in [0.1, 0.15) is 54.4 Å². The second-order valence-electron chi connectivity index (χ2n) is 8.14. The van der Waals surface area contributed by atoms with Crippen LogP contribution in [0.25, 0.3) is 0 Å². The predicted molar refractivity (Wildman–Crippen MR) is 88.4 cm³/mol. The summed E-state index contributed by atoms with van der Waals surface area (Å²) in [6.45, 7) is 18.0. The van der Waals surface area contributed by atoms with Gasteiger partial charge in [-0.05, 0) is 60.9 Å². The number of hydrogen-bond acceptors (Lipinski definition) is 2. The summed E-state index contributed by atoms with van der Waals surface area (Å²) in [5, 5.41) is 0.208. The van der Waals surface area contributed by atoms with Gasteiger partial charge in [0.1, 0.15) is 6.29 Å². The Labute approximate surface area is 126 Å². The van der Waals surface area contributed by atoms with Crippen molar-refractivity contribution in [3.05, 3.63) is 11.1 Å². The minimum Gasteiger partial charge on any atom is -0.410 e. The molecule has 0 aromatic heterocycles. The highest BCUT2D eigenvalue weighted by Gasteiger charge is 2.41. The van der Waals surface area contributed by atoms with Crippen LogP contribution in [0.2, 0.25) is 18.1 Å². The fourth-order valence-corrected chi connectivity index (χ4v) is 3.84. The molecule has 1 rings (SSSR count). The van der Waals surface area contributed by atoms with E-state index < -0.39 is 8.32 Å². The molecular formula is C17H32O2Si. The second-order valence-corrected chi connectivity index (χ2v) is 12.9. The predicted octanol–water partition coefficient (Wildman–Crippen LogP) is 4.96. The average Bonchev–Trinajstić information content (AvgIpc) is 2.29. The highest BCUT2D eigenvalue weighted by Crippen LogP contribution is 2.41. The van der Waals surface area contributed by atoms with Gasteiger partial charge in [0.15, 0.2) is 8.32 Å². The van der Waals surface area contributed by atoms with E-state index in [0.717, 1.165) is 24.7 Å². The van der Waals surface area contributed by atoms with Crippen LogP contribution in [0.5, 0.6) is 0 Å². The molecule has 0 aromatic rings. The van der Waals surface area contributed by atoms with Gasteiger partial charge in [0, 0.05) is 0 Å². The lowest BCUT2D eigenvalue weighted by Gasteiger charge is -2.42. The molecule has 0 saturated heterocycles. The van der Waals surface area contributed by atoms with Crippen molar-refractivity contribution in [1.82, 2.24) is 0 Å². The van der Waals surface area contributed by atoms with Crippen molar-refractivity contribution in [3.8, 4) is 0 Å². The maximum atomic E-state index is 11.3. The van der Waals surface area contributed by atoms with Gasteiger partial charge in [-0.15, -0.1) is 0 Å². The monoisotopic (exact) mass is 296 g/mol. The van der Waals surface area contributed by atoms with Crippen molar-refractivity contribution in [2.24, 2.45) is 11.8 Å². The first-order valence-electron chi connectivity index (χ1n) is 7.82. The van der Waals surface area contributed by atoms with Crippen LogP contribution in [0.3, 0.4) is 0 Å². The molecule has 0 unspecified atom stereocenters. The Morgan fingerprint density at radius 2 is 1.85 bits per heavy atom. The van der Waals surface area contributed by atoms with E-state index in [1.807, 2.05) is 0 Å². The molecule has 0 spiro atoms. The minimum absolute atomic E-state index is 0.136. The smallest absolute Gasteiger partial charge is 0.192 e. The molecule has 0 amide bonds. The number of aldehydes is 1. The largest absolute Gasteiger partial charge is 0.410 e. The molecule has 2 nitrogen and oxygen atoms in total. The van der Waals surface area contributed by atoms with Crippen molar-refractivity contribution >= 4 is 14.6 Å². The Hall–Kier alpha value is -0.413. The Morgan fingerprint density at radius 3 is 2.25 bits per heavy atom. The van der Waals surface area contributed by atoms with Gasteiger partial charge < -0.3 is 4.43 Å². The van der Waals surface area contributed by atoms with Crippen LogP contribution in [-0.4, -0.2) is 20.7 Å². The zero-order chi connectivity index (χ0) is 15.7. The van der Waals surface area contributed by atoms with Gasteiger partial charge in [-0.3, -0.25) is 4.79 Å². The van der Waals surface area contributed by atoms with E-state index in [4.69, 9.17) is 4.43 Å². The SMILES string of the molecule is CC1=C(C=O)C[C@H](C(C)C)C[C@@H]1O[Si](C)(C)C(C)(C)C. The topological polar surface area (TPSA) is 26.3 Å². The minimum atomic E-state index is -1.79. The summed E-state index contributed by atoms with van der Waals surface area (Å²) >= 11 is 0. The lowest BCUT2D eigenvalue weighted by Crippen LogP contribution is -2.45. The molecule has 0 fully saturated rings. The van der Waals surface area contributed by atoms with E-state index in [-0.39, 0.29) is 11.1 Å². The number of carbonyl (C=O) groups is 1. The molecule has 0 heterocycles. The molecule has 116 valence electrons. The van der Waals surface area contributed by atoms with Gasteiger partial charge in [0.05, 0.1) is 6.10 Å².